The lowest BCUT2D eigenvalue weighted by Crippen LogP contribution is -2.07. The third kappa shape index (κ3) is 0.985. The van der Waals surface area contributed by atoms with Crippen LogP contribution in [-0.2, 0) is 17.2 Å². The van der Waals surface area contributed by atoms with Gasteiger partial charge < -0.3 is 4.74 Å². The van der Waals surface area contributed by atoms with Crippen LogP contribution in [0.3, 0.4) is 0 Å². The van der Waals surface area contributed by atoms with Gasteiger partial charge in [0.05, 0.1) is 15.7 Å². The first-order valence-corrected chi connectivity index (χ1v) is 6.33. The molecule has 2 aliphatic rings. The van der Waals surface area contributed by atoms with Gasteiger partial charge in [0.25, 0.3) is 0 Å². The number of benzene rings is 2. The summed E-state index contributed by atoms with van der Waals surface area (Å²) in [5.41, 5.74) is 2.26. The summed E-state index contributed by atoms with van der Waals surface area (Å²) >= 11 is 0. The molecule has 16 heavy (non-hydrogen) atoms. The molecule has 0 aromatic heterocycles. The molecule has 78 valence electrons. The smallest absolute Gasteiger partial charge is 0.174 e. The van der Waals surface area contributed by atoms with Crippen LogP contribution in [0.25, 0.3) is 0 Å². The molecular formula is C13H8O2S. The van der Waals surface area contributed by atoms with Crippen molar-refractivity contribution in [1.82, 2.24) is 0 Å². The van der Waals surface area contributed by atoms with Gasteiger partial charge in [0.2, 0.25) is 0 Å². The first kappa shape index (κ1) is 8.53. The highest BCUT2D eigenvalue weighted by Crippen LogP contribution is 2.52. The molecule has 0 radical (unpaired) electrons. The number of hydrogen-bond donors (Lipinski definition) is 0. The lowest BCUT2D eigenvalue weighted by atomic mass is 10.0. The van der Waals surface area contributed by atoms with Crippen molar-refractivity contribution in [2.24, 2.45) is 0 Å². The zero-order valence-electron chi connectivity index (χ0n) is 8.40. The number of ether oxygens (including phenoxy) is 1. The molecule has 0 fully saturated rings. The normalized spacial score (nSPS) is 19.1. The molecule has 3 heteroatoms. The molecule has 2 aromatic rings. The van der Waals surface area contributed by atoms with Gasteiger partial charge in [-0.2, -0.15) is 0 Å². The minimum Gasteiger partial charge on any atom is -0.449 e. The van der Waals surface area contributed by atoms with Crippen LogP contribution in [0.15, 0.2) is 46.2 Å². The number of fused-ring (bicyclic) bond motifs is 4. The molecule has 0 aliphatic carbocycles. The van der Waals surface area contributed by atoms with E-state index in [-0.39, 0.29) is 0 Å². The highest BCUT2D eigenvalue weighted by Gasteiger charge is 2.32. The zero-order chi connectivity index (χ0) is 10.7. The minimum absolute atomic E-state index is 0.834. The topological polar surface area (TPSA) is 29.6 Å². The molecule has 2 aromatic carbocycles. The first-order valence-electron chi connectivity index (χ1n) is 5.18. The molecule has 1 unspecified atom stereocenters. The predicted molar refractivity (Wildman–Crippen MR) is 60.4 cm³/mol. The SMILES string of the molecule is O=S1c2ccccc2Cc2c1ccc1c2O1. The summed E-state index contributed by atoms with van der Waals surface area (Å²) in [5, 5.41) is 0. The lowest BCUT2D eigenvalue weighted by molar-refractivity contribution is 0.642. The van der Waals surface area contributed by atoms with Crippen molar-refractivity contribution in [3.05, 3.63) is 47.5 Å². The van der Waals surface area contributed by atoms with Crippen molar-refractivity contribution >= 4 is 10.8 Å². The van der Waals surface area contributed by atoms with Gasteiger partial charge in [0.1, 0.15) is 0 Å². The summed E-state index contributed by atoms with van der Waals surface area (Å²) in [6, 6.07) is 11.7. The van der Waals surface area contributed by atoms with Crippen molar-refractivity contribution in [3.8, 4) is 11.5 Å². The maximum atomic E-state index is 12.3. The molecule has 0 amide bonds. The van der Waals surface area contributed by atoms with Crippen LogP contribution >= 0.6 is 0 Å². The van der Waals surface area contributed by atoms with Crippen molar-refractivity contribution in [2.45, 2.75) is 16.2 Å². The zero-order valence-corrected chi connectivity index (χ0v) is 9.21. The fourth-order valence-electron chi connectivity index (χ4n) is 2.25. The standard InChI is InChI=1S/C13H8O2S/c14-16-11-4-2-1-3-8(11)7-9-12(16)6-5-10-13(9)15-10/h1-6H,7H2. The summed E-state index contributed by atoms with van der Waals surface area (Å²) in [6.45, 7) is 0. The van der Waals surface area contributed by atoms with Crippen LogP contribution in [0.1, 0.15) is 11.1 Å². The second-order valence-corrected chi connectivity index (χ2v) is 5.44. The molecule has 2 heterocycles. The van der Waals surface area contributed by atoms with Gasteiger partial charge in [-0.05, 0) is 23.8 Å². The van der Waals surface area contributed by atoms with Gasteiger partial charge in [0, 0.05) is 16.9 Å². The van der Waals surface area contributed by atoms with Gasteiger partial charge in [-0.1, -0.05) is 18.2 Å². The Balaban J connectivity index is 2.00. The van der Waals surface area contributed by atoms with E-state index in [0.29, 0.717) is 0 Å². The summed E-state index contributed by atoms with van der Waals surface area (Å²) in [5.74, 6) is 1.88. The van der Waals surface area contributed by atoms with Crippen molar-refractivity contribution in [3.63, 3.8) is 0 Å². The van der Waals surface area contributed by atoms with Crippen LogP contribution in [-0.4, -0.2) is 4.21 Å². The average molecular weight is 228 g/mol. The van der Waals surface area contributed by atoms with Gasteiger partial charge >= 0.3 is 0 Å². The number of hydrogen-bond acceptors (Lipinski definition) is 2. The van der Waals surface area contributed by atoms with Crippen molar-refractivity contribution in [2.75, 3.05) is 0 Å². The maximum Gasteiger partial charge on any atom is 0.174 e. The maximum absolute atomic E-state index is 12.3. The Bertz CT molecular complexity index is 646. The molecule has 0 spiro atoms. The van der Waals surface area contributed by atoms with Crippen LogP contribution in [0.5, 0.6) is 11.5 Å². The Morgan fingerprint density at radius 2 is 1.94 bits per heavy atom. The summed E-state index contributed by atoms with van der Waals surface area (Å²) in [7, 11) is -1.05. The Hall–Kier alpha value is -1.61. The minimum atomic E-state index is -1.05. The summed E-state index contributed by atoms with van der Waals surface area (Å²) in [4.78, 5) is 1.85. The Morgan fingerprint density at radius 3 is 2.88 bits per heavy atom. The fraction of sp³-hybridized carbons (Fsp3) is 0.0769. The van der Waals surface area contributed by atoms with E-state index in [9.17, 15) is 4.21 Å². The predicted octanol–water partition coefficient (Wildman–Crippen LogP) is 2.86. The third-order valence-electron chi connectivity index (χ3n) is 3.09. The quantitative estimate of drug-likeness (QED) is 0.433. The van der Waals surface area contributed by atoms with Crippen LogP contribution in [0, 0.1) is 0 Å². The summed E-state index contributed by atoms with van der Waals surface area (Å²) in [6.07, 6.45) is 0.834. The third-order valence-corrected chi connectivity index (χ3v) is 4.67. The summed E-state index contributed by atoms with van der Waals surface area (Å²) < 4.78 is 17.7. The highest BCUT2D eigenvalue weighted by atomic mass is 32.2. The van der Waals surface area contributed by atoms with Gasteiger partial charge in [0.15, 0.2) is 11.5 Å². The largest absolute Gasteiger partial charge is 0.449 e. The molecule has 0 bridgehead atoms. The molecule has 4 rings (SSSR count). The monoisotopic (exact) mass is 228 g/mol. The lowest BCUT2D eigenvalue weighted by Gasteiger charge is -2.16. The van der Waals surface area contributed by atoms with E-state index in [1.165, 1.54) is 0 Å². The Kier molecular flexibility index (Phi) is 1.46. The molecule has 0 N–H and O–H groups in total. The van der Waals surface area contributed by atoms with Crippen molar-refractivity contribution in [1.29, 1.82) is 0 Å². The van der Waals surface area contributed by atoms with Crippen LogP contribution < -0.4 is 4.74 Å². The van der Waals surface area contributed by atoms with E-state index < -0.39 is 10.8 Å². The highest BCUT2D eigenvalue weighted by molar-refractivity contribution is 7.85. The van der Waals surface area contributed by atoms with Gasteiger partial charge in [-0.25, -0.2) is 4.21 Å². The second kappa shape index (κ2) is 2.74. The molecule has 2 aliphatic heterocycles. The van der Waals surface area contributed by atoms with E-state index >= 15 is 0 Å². The van der Waals surface area contributed by atoms with Crippen LogP contribution in [0.4, 0.5) is 0 Å². The van der Waals surface area contributed by atoms with E-state index in [1.54, 1.807) is 0 Å². The fourth-order valence-corrected chi connectivity index (χ4v) is 3.65. The Labute approximate surface area is 95.3 Å². The molecule has 2 nitrogen and oxygen atoms in total. The van der Waals surface area contributed by atoms with Crippen molar-refractivity contribution < 1.29 is 8.95 Å². The van der Waals surface area contributed by atoms with E-state index in [4.69, 9.17) is 4.74 Å². The molecule has 0 saturated carbocycles. The van der Waals surface area contributed by atoms with E-state index in [0.717, 1.165) is 38.8 Å². The first-order chi connectivity index (χ1) is 7.84. The molecular weight excluding hydrogens is 220 g/mol. The van der Waals surface area contributed by atoms with Gasteiger partial charge in [-0.15, -0.1) is 0 Å². The van der Waals surface area contributed by atoms with E-state index in [2.05, 4.69) is 0 Å². The van der Waals surface area contributed by atoms with Crippen LogP contribution in [0.2, 0.25) is 0 Å². The van der Waals surface area contributed by atoms with E-state index in [1.807, 2.05) is 36.4 Å². The average Bonchev–Trinajstić information content (AvgIpc) is 3.09. The number of rotatable bonds is 0. The van der Waals surface area contributed by atoms with Gasteiger partial charge in [-0.3, -0.25) is 0 Å². The molecule has 1 atom stereocenters. The Morgan fingerprint density at radius 1 is 1.06 bits per heavy atom. The second-order valence-electron chi connectivity index (χ2n) is 4.02. The molecule has 0 saturated heterocycles.